The molecular weight excluding hydrogens is 249 g/mol. The first-order chi connectivity index (χ1) is 7.23. The van der Waals surface area contributed by atoms with Gasteiger partial charge in [0.2, 0.25) is 4.33 Å². The van der Waals surface area contributed by atoms with Gasteiger partial charge in [0.25, 0.3) is 0 Å². The van der Waals surface area contributed by atoms with Crippen molar-refractivity contribution in [1.82, 2.24) is 0 Å². The molecule has 0 atom stereocenters. The van der Waals surface area contributed by atoms with Crippen LogP contribution in [0, 0.1) is 5.92 Å². The van der Waals surface area contributed by atoms with E-state index in [9.17, 15) is 4.79 Å². The van der Waals surface area contributed by atoms with E-state index >= 15 is 0 Å². The van der Waals surface area contributed by atoms with Gasteiger partial charge in [0.15, 0.2) is 0 Å². The molecule has 1 aliphatic heterocycles. The predicted molar refractivity (Wildman–Crippen MR) is 64.7 cm³/mol. The van der Waals surface area contributed by atoms with Crippen molar-refractivity contribution in [2.75, 3.05) is 13.1 Å². The smallest absolute Gasteiger partial charge is 0.342 e. The summed E-state index contributed by atoms with van der Waals surface area (Å²) in [4.78, 5) is 11.6. The predicted octanol–water partition coefficient (Wildman–Crippen LogP) is 1.48. The number of alkyl halides is 2. The molecule has 0 aromatic rings. The van der Waals surface area contributed by atoms with Crippen molar-refractivity contribution in [3.05, 3.63) is 0 Å². The van der Waals surface area contributed by atoms with E-state index in [0.29, 0.717) is 5.92 Å². The largest absolute Gasteiger partial charge is 0.457 e. The van der Waals surface area contributed by atoms with Gasteiger partial charge in [0.1, 0.15) is 5.60 Å². The summed E-state index contributed by atoms with van der Waals surface area (Å²) in [5.74, 6) is -0.174. The molecule has 0 aliphatic carbocycles. The van der Waals surface area contributed by atoms with E-state index in [4.69, 9.17) is 27.9 Å². The fourth-order valence-electron chi connectivity index (χ4n) is 2.03. The number of carbonyl (C=O) groups is 1. The van der Waals surface area contributed by atoms with Crippen LogP contribution in [0.4, 0.5) is 0 Å². The van der Waals surface area contributed by atoms with Crippen LogP contribution < -0.4 is 5.32 Å². The van der Waals surface area contributed by atoms with Crippen LogP contribution in [-0.2, 0) is 9.53 Å². The Labute approximate surface area is 107 Å². The summed E-state index contributed by atoms with van der Waals surface area (Å²) in [7, 11) is 0. The van der Waals surface area contributed by atoms with Crippen LogP contribution in [0.25, 0.3) is 0 Å². The van der Waals surface area contributed by atoms with Crippen LogP contribution in [0.2, 0.25) is 0 Å². The van der Waals surface area contributed by atoms with E-state index in [1.165, 1.54) is 6.92 Å². The second-order valence-electron chi connectivity index (χ2n) is 5.02. The summed E-state index contributed by atoms with van der Waals surface area (Å²) in [6.45, 7) is 7.47. The molecule has 5 heteroatoms. The number of carbonyl (C=O) groups excluding carboxylic acids is 1. The van der Waals surface area contributed by atoms with Crippen LogP contribution in [0.1, 0.15) is 33.6 Å². The van der Waals surface area contributed by atoms with Crippen molar-refractivity contribution in [2.45, 2.75) is 43.5 Å². The summed E-state index contributed by atoms with van der Waals surface area (Å²) in [5, 5.41) is 2.28. The van der Waals surface area contributed by atoms with Gasteiger partial charge in [-0.1, -0.05) is 23.2 Å². The molecule has 0 saturated carbocycles. The number of piperidine rings is 1. The lowest BCUT2D eigenvalue weighted by Crippen LogP contribution is -2.86. The molecule has 0 amide bonds. The normalized spacial score (nSPS) is 19.6. The average molecular weight is 269 g/mol. The van der Waals surface area contributed by atoms with Gasteiger partial charge in [-0.05, 0) is 20.8 Å². The monoisotopic (exact) mass is 268 g/mol. The lowest BCUT2D eigenvalue weighted by molar-refractivity contribution is -0.665. The highest BCUT2D eigenvalue weighted by atomic mass is 35.5. The van der Waals surface area contributed by atoms with Gasteiger partial charge in [-0.25, -0.2) is 4.79 Å². The molecule has 0 aromatic carbocycles. The molecule has 94 valence electrons. The first-order valence-corrected chi connectivity index (χ1v) is 6.42. The number of ether oxygens (including phenoxy) is 1. The third kappa shape index (κ3) is 3.79. The number of hydrogen-bond donors (Lipinski definition) is 1. The summed E-state index contributed by atoms with van der Waals surface area (Å²) < 4.78 is 3.96. The van der Waals surface area contributed by atoms with Crippen molar-refractivity contribution in [2.24, 2.45) is 5.92 Å². The number of quaternary nitrogens is 1. The summed E-state index contributed by atoms with van der Waals surface area (Å²) >= 11 is 11.4. The minimum absolute atomic E-state index is 0.386. The summed E-state index contributed by atoms with van der Waals surface area (Å²) in [6.07, 6.45) is 2.11. The highest BCUT2D eigenvalue weighted by molar-refractivity contribution is 6.57. The second kappa shape index (κ2) is 5.11. The zero-order chi connectivity index (χ0) is 12.4. The molecule has 1 fully saturated rings. The molecule has 3 nitrogen and oxygen atoms in total. The molecule has 1 saturated heterocycles. The molecular formula is C11H20Cl2NO2+. The quantitative estimate of drug-likeness (QED) is 0.623. The van der Waals surface area contributed by atoms with Crippen molar-refractivity contribution < 1.29 is 14.8 Å². The van der Waals surface area contributed by atoms with Crippen molar-refractivity contribution in [3.8, 4) is 0 Å². The Morgan fingerprint density at radius 2 is 1.75 bits per heavy atom. The van der Waals surface area contributed by atoms with E-state index in [1.54, 1.807) is 0 Å². The zero-order valence-corrected chi connectivity index (χ0v) is 11.6. The van der Waals surface area contributed by atoms with Crippen molar-refractivity contribution >= 4 is 29.2 Å². The van der Waals surface area contributed by atoms with Crippen molar-refractivity contribution in [1.29, 1.82) is 0 Å². The number of rotatable bonds is 3. The first-order valence-electron chi connectivity index (χ1n) is 5.66. The van der Waals surface area contributed by atoms with Crippen LogP contribution in [0.5, 0.6) is 0 Å². The van der Waals surface area contributed by atoms with Crippen LogP contribution in [0.15, 0.2) is 0 Å². The van der Waals surface area contributed by atoms with Gasteiger partial charge in [-0.3, -0.25) is 0 Å². The van der Waals surface area contributed by atoms with Gasteiger partial charge in [0, 0.05) is 18.8 Å². The van der Waals surface area contributed by atoms with E-state index in [1.807, 2.05) is 13.8 Å². The lowest BCUT2D eigenvalue weighted by atomic mass is 9.83. The van der Waals surface area contributed by atoms with Crippen LogP contribution in [0.3, 0.4) is 0 Å². The fraction of sp³-hybridized carbons (Fsp3) is 0.909. The van der Waals surface area contributed by atoms with E-state index in [2.05, 4.69) is 5.32 Å². The fourth-order valence-corrected chi connectivity index (χ4v) is 2.11. The lowest BCUT2D eigenvalue weighted by Gasteiger charge is -2.36. The Morgan fingerprint density at radius 3 is 2.19 bits per heavy atom. The van der Waals surface area contributed by atoms with E-state index in [0.717, 1.165) is 25.9 Å². The summed E-state index contributed by atoms with van der Waals surface area (Å²) in [6, 6.07) is 0. The highest BCUT2D eigenvalue weighted by Crippen LogP contribution is 2.31. The Kier molecular flexibility index (Phi) is 4.49. The SMILES string of the molecule is CC(Cl)(Cl)C(=O)OC(C)(C)C1CC[NH2+]CC1. The third-order valence-corrected chi connectivity index (χ3v) is 3.44. The maximum Gasteiger partial charge on any atom is 0.342 e. The molecule has 2 N–H and O–H groups in total. The second-order valence-corrected chi connectivity index (χ2v) is 6.73. The Morgan fingerprint density at radius 1 is 1.25 bits per heavy atom. The van der Waals surface area contributed by atoms with Crippen molar-refractivity contribution in [3.63, 3.8) is 0 Å². The molecule has 0 aromatic heterocycles. The molecule has 16 heavy (non-hydrogen) atoms. The maximum absolute atomic E-state index is 11.6. The molecule has 1 aliphatic rings. The molecule has 1 rings (SSSR count). The number of halogens is 2. The molecule has 0 spiro atoms. The van der Waals surface area contributed by atoms with E-state index in [-0.39, 0.29) is 0 Å². The average Bonchev–Trinajstić information content (AvgIpc) is 2.17. The zero-order valence-electron chi connectivity index (χ0n) is 10.1. The van der Waals surface area contributed by atoms with Gasteiger partial charge in [-0.15, -0.1) is 0 Å². The van der Waals surface area contributed by atoms with Crippen LogP contribution >= 0.6 is 23.2 Å². The minimum Gasteiger partial charge on any atom is -0.457 e. The highest BCUT2D eigenvalue weighted by Gasteiger charge is 2.39. The molecule has 0 bridgehead atoms. The Balaban J connectivity index is 2.59. The molecule has 1 heterocycles. The number of nitrogens with two attached hydrogens (primary N) is 1. The molecule has 0 unspecified atom stereocenters. The van der Waals surface area contributed by atoms with Crippen LogP contribution in [-0.4, -0.2) is 29.0 Å². The number of esters is 1. The topological polar surface area (TPSA) is 42.9 Å². The third-order valence-electron chi connectivity index (χ3n) is 3.14. The summed E-state index contributed by atoms with van der Waals surface area (Å²) in [5.41, 5.74) is -0.490. The van der Waals surface area contributed by atoms with Gasteiger partial charge in [-0.2, -0.15) is 0 Å². The molecule has 0 radical (unpaired) electrons. The maximum atomic E-state index is 11.6. The minimum atomic E-state index is -1.46. The van der Waals surface area contributed by atoms with Gasteiger partial charge in [0.05, 0.1) is 13.1 Å². The standard InChI is InChI=1S/C11H19Cl2NO2/c1-10(2,8-4-6-14-7-5-8)16-9(15)11(3,12)13/h8,14H,4-7H2,1-3H3/p+1. The Bertz CT molecular complexity index is 255. The first kappa shape index (κ1) is 14.1. The number of hydrogen-bond acceptors (Lipinski definition) is 2. The van der Waals surface area contributed by atoms with Gasteiger partial charge >= 0.3 is 5.97 Å². The van der Waals surface area contributed by atoms with Gasteiger partial charge < -0.3 is 10.1 Å². The Hall–Kier alpha value is 0.01000. The van der Waals surface area contributed by atoms with E-state index < -0.39 is 15.9 Å².